The van der Waals surface area contributed by atoms with Gasteiger partial charge in [-0.3, -0.25) is 4.68 Å². The first kappa shape index (κ1) is 12.9. The monoisotopic (exact) mass is 328 g/mol. The van der Waals surface area contributed by atoms with Crippen LogP contribution in [0.25, 0.3) is 0 Å². The molecule has 2 rings (SSSR count). The van der Waals surface area contributed by atoms with E-state index < -0.39 is 0 Å². The van der Waals surface area contributed by atoms with Crippen LogP contribution in [0.1, 0.15) is 0 Å². The molecule has 0 atom stereocenters. The zero-order valence-electron chi connectivity index (χ0n) is 9.45. The molecule has 0 fully saturated rings. The van der Waals surface area contributed by atoms with Crippen LogP contribution in [0.2, 0.25) is 5.02 Å². The molecule has 0 saturated carbocycles. The van der Waals surface area contributed by atoms with Gasteiger partial charge in [0.05, 0.1) is 22.6 Å². The maximum absolute atomic E-state index is 11.7. The van der Waals surface area contributed by atoms with E-state index in [1.807, 2.05) is 0 Å². The van der Waals surface area contributed by atoms with Crippen LogP contribution >= 0.6 is 27.5 Å². The normalized spacial score (nSPS) is 10.2. The first-order valence-electron chi connectivity index (χ1n) is 5.06. The third-order valence-electron chi connectivity index (χ3n) is 2.14. The van der Waals surface area contributed by atoms with Gasteiger partial charge in [0.15, 0.2) is 0 Å². The van der Waals surface area contributed by atoms with E-state index in [1.165, 1.54) is 0 Å². The molecule has 0 unspecified atom stereocenters. The molecule has 7 heteroatoms. The average Bonchev–Trinajstić information content (AvgIpc) is 2.69. The second-order valence-electron chi connectivity index (χ2n) is 3.61. The topological polar surface area (TPSA) is 59.0 Å². The fourth-order valence-corrected chi connectivity index (χ4v) is 1.89. The number of hydrogen-bond donors (Lipinski definition) is 2. The van der Waals surface area contributed by atoms with E-state index >= 15 is 0 Å². The lowest BCUT2D eigenvalue weighted by molar-refractivity contribution is 0.262. The number of aromatic nitrogens is 2. The van der Waals surface area contributed by atoms with Gasteiger partial charge in [-0.1, -0.05) is 27.5 Å². The highest BCUT2D eigenvalue weighted by atomic mass is 79.9. The second kappa shape index (κ2) is 5.41. The highest BCUT2D eigenvalue weighted by molar-refractivity contribution is 9.10. The SMILES string of the molecule is Cn1cc(NC(=O)Nc2cc(Br)ccc2Cl)cn1. The molecule has 0 aliphatic heterocycles. The minimum atomic E-state index is -0.372. The van der Waals surface area contributed by atoms with E-state index in [4.69, 9.17) is 11.6 Å². The van der Waals surface area contributed by atoms with E-state index in [2.05, 4.69) is 31.7 Å². The third kappa shape index (κ3) is 3.24. The summed E-state index contributed by atoms with van der Waals surface area (Å²) in [6.07, 6.45) is 3.25. The molecule has 94 valence electrons. The third-order valence-corrected chi connectivity index (χ3v) is 2.96. The van der Waals surface area contributed by atoms with Gasteiger partial charge < -0.3 is 10.6 Å². The predicted molar refractivity (Wildman–Crippen MR) is 75.0 cm³/mol. The number of aryl methyl sites for hydroxylation is 1. The molecule has 2 N–H and O–H groups in total. The quantitative estimate of drug-likeness (QED) is 0.886. The molecule has 0 radical (unpaired) electrons. The van der Waals surface area contributed by atoms with Gasteiger partial charge in [0.1, 0.15) is 0 Å². The summed E-state index contributed by atoms with van der Waals surface area (Å²) in [6.45, 7) is 0. The van der Waals surface area contributed by atoms with Crippen LogP contribution in [0.3, 0.4) is 0 Å². The van der Waals surface area contributed by atoms with Crippen molar-refractivity contribution in [2.45, 2.75) is 0 Å². The van der Waals surface area contributed by atoms with Gasteiger partial charge in [-0.15, -0.1) is 0 Å². The number of halogens is 2. The zero-order valence-corrected chi connectivity index (χ0v) is 11.8. The van der Waals surface area contributed by atoms with Crippen LogP contribution in [-0.4, -0.2) is 15.8 Å². The summed E-state index contributed by atoms with van der Waals surface area (Å²) in [5.41, 5.74) is 1.15. The zero-order chi connectivity index (χ0) is 13.1. The first-order valence-corrected chi connectivity index (χ1v) is 6.23. The number of carbonyl (C=O) groups is 1. The van der Waals surface area contributed by atoms with Crippen molar-refractivity contribution in [1.29, 1.82) is 0 Å². The summed E-state index contributed by atoms with van der Waals surface area (Å²) in [6, 6.07) is 4.85. The van der Waals surface area contributed by atoms with Crippen LogP contribution in [0, 0.1) is 0 Å². The molecule has 2 amide bonds. The Morgan fingerprint density at radius 1 is 1.44 bits per heavy atom. The molecular weight excluding hydrogens is 320 g/mol. The van der Waals surface area contributed by atoms with Crippen LogP contribution in [-0.2, 0) is 7.05 Å². The maximum Gasteiger partial charge on any atom is 0.323 e. The molecule has 0 bridgehead atoms. The Morgan fingerprint density at radius 2 is 2.22 bits per heavy atom. The number of urea groups is 1. The van der Waals surface area contributed by atoms with Gasteiger partial charge in [0.2, 0.25) is 0 Å². The number of benzene rings is 1. The summed E-state index contributed by atoms with van der Waals surface area (Å²) in [7, 11) is 1.77. The van der Waals surface area contributed by atoms with Crippen molar-refractivity contribution < 1.29 is 4.79 Å². The number of nitrogens with zero attached hydrogens (tertiary/aromatic N) is 2. The number of carbonyl (C=O) groups excluding carboxylic acids is 1. The Kier molecular flexibility index (Phi) is 3.88. The number of nitrogens with one attached hydrogen (secondary N) is 2. The lowest BCUT2D eigenvalue weighted by Crippen LogP contribution is -2.19. The summed E-state index contributed by atoms with van der Waals surface area (Å²) in [5, 5.41) is 9.73. The highest BCUT2D eigenvalue weighted by Gasteiger charge is 2.07. The number of rotatable bonds is 2. The fraction of sp³-hybridized carbons (Fsp3) is 0.0909. The molecule has 0 saturated heterocycles. The standard InChI is InChI=1S/C11H10BrClN4O/c1-17-6-8(5-14-17)15-11(18)16-10-4-7(12)2-3-9(10)13/h2-6H,1H3,(H2,15,16,18). The second-order valence-corrected chi connectivity index (χ2v) is 4.93. The smallest absolute Gasteiger partial charge is 0.306 e. The van der Waals surface area contributed by atoms with Crippen LogP contribution in [0.15, 0.2) is 35.1 Å². The minimum Gasteiger partial charge on any atom is -0.306 e. The van der Waals surface area contributed by atoms with Gasteiger partial charge in [-0.05, 0) is 18.2 Å². The van der Waals surface area contributed by atoms with Crippen molar-refractivity contribution in [3.8, 4) is 0 Å². The van der Waals surface area contributed by atoms with E-state index in [0.717, 1.165) is 4.47 Å². The van der Waals surface area contributed by atoms with Crippen molar-refractivity contribution in [2.75, 3.05) is 10.6 Å². The summed E-state index contributed by atoms with van der Waals surface area (Å²) in [5.74, 6) is 0. The van der Waals surface area contributed by atoms with E-state index in [-0.39, 0.29) is 6.03 Å². The van der Waals surface area contributed by atoms with Gasteiger partial charge in [-0.25, -0.2) is 4.79 Å². The summed E-state index contributed by atoms with van der Waals surface area (Å²) in [4.78, 5) is 11.7. The lowest BCUT2D eigenvalue weighted by atomic mass is 10.3. The van der Waals surface area contributed by atoms with Gasteiger partial charge >= 0.3 is 6.03 Å². The Morgan fingerprint density at radius 3 is 2.89 bits per heavy atom. The molecule has 5 nitrogen and oxygen atoms in total. The molecule has 2 aromatic rings. The average molecular weight is 330 g/mol. The summed E-state index contributed by atoms with van der Waals surface area (Å²) < 4.78 is 2.44. The molecule has 0 spiro atoms. The minimum absolute atomic E-state index is 0.372. The predicted octanol–water partition coefficient (Wildman–Crippen LogP) is 3.48. The lowest BCUT2D eigenvalue weighted by Gasteiger charge is -2.08. The number of anilines is 2. The molecule has 1 aromatic heterocycles. The van der Waals surface area contributed by atoms with Crippen molar-refractivity contribution in [1.82, 2.24) is 9.78 Å². The fourth-order valence-electron chi connectivity index (χ4n) is 1.36. The maximum atomic E-state index is 11.7. The largest absolute Gasteiger partial charge is 0.323 e. The highest BCUT2D eigenvalue weighted by Crippen LogP contribution is 2.25. The van der Waals surface area contributed by atoms with Crippen molar-refractivity contribution in [3.63, 3.8) is 0 Å². The Labute approximate surface area is 117 Å². The van der Waals surface area contributed by atoms with Gasteiger partial charge in [0, 0.05) is 17.7 Å². The Bertz CT molecular complexity index is 584. The molecule has 1 heterocycles. The van der Waals surface area contributed by atoms with Crippen LogP contribution in [0.4, 0.5) is 16.2 Å². The van der Waals surface area contributed by atoms with Crippen molar-refractivity contribution >= 4 is 44.9 Å². The van der Waals surface area contributed by atoms with Gasteiger partial charge in [0.25, 0.3) is 0 Å². The molecule has 0 aliphatic carbocycles. The Hall–Kier alpha value is -1.53. The van der Waals surface area contributed by atoms with Crippen LogP contribution < -0.4 is 10.6 Å². The Balaban J connectivity index is 2.05. The molecule has 0 aliphatic rings. The van der Waals surface area contributed by atoms with Crippen molar-refractivity contribution in [3.05, 3.63) is 40.1 Å². The van der Waals surface area contributed by atoms with Crippen molar-refractivity contribution in [2.24, 2.45) is 7.05 Å². The number of amides is 2. The van der Waals surface area contributed by atoms with Crippen LogP contribution in [0.5, 0.6) is 0 Å². The van der Waals surface area contributed by atoms with E-state index in [0.29, 0.717) is 16.4 Å². The molecule has 1 aromatic carbocycles. The molecular formula is C11H10BrClN4O. The van der Waals surface area contributed by atoms with E-state index in [1.54, 1.807) is 42.3 Å². The van der Waals surface area contributed by atoms with Gasteiger partial charge in [-0.2, -0.15) is 5.10 Å². The molecule has 18 heavy (non-hydrogen) atoms. The number of hydrogen-bond acceptors (Lipinski definition) is 2. The summed E-state index contributed by atoms with van der Waals surface area (Å²) >= 11 is 9.28. The van der Waals surface area contributed by atoms with E-state index in [9.17, 15) is 4.79 Å². The first-order chi connectivity index (χ1) is 8.54.